The van der Waals surface area contributed by atoms with E-state index in [-0.39, 0.29) is 16.7 Å². The van der Waals surface area contributed by atoms with Crippen molar-refractivity contribution < 1.29 is 41.8 Å². The second-order valence-electron chi connectivity index (χ2n) is 14.3. The number of carbonyl (C=O) groups is 3. The molecule has 1 aliphatic carbocycles. The van der Waals surface area contributed by atoms with E-state index in [1.165, 1.54) is 84.6 Å². The summed E-state index contributed by atoms with van der Waals surface area (Å²) >= 11 is 1.52. The average Bonchev–Trinajstić information content (AvgIpc) is 3.58. The first-order valence-electron chi connectivity index (χ1n) is 19.3. The molecule has 0 atom stereocenters. The van der Waals surface area contributed by atoms with Crippen LogP contribution in [0.15, 0.2) is 198 Å². The zero-order valence-electron chi connectivity index (χ0n) is 32.4. The Labute approximate surface area is 358 Å². The highest BCUT2D eigenvalue weighted by atomic mass is 32.2. The highest BCUT2D eigenvalue weighted by molar-refractivity contribution is 7.99. The zero-order valence-corrected chi connectivity index (χ0v) is 33.2. The molecule has 10 heteroatoms. The van der Waals surface area contributed by atoms with Gasteiger partial charge in [0.2, 0.25) is 0 Å². The van der Waals surface area contributed by atoms with Gasteiger partial charge in [0.25, 0.3) is 0 Å². The Morgan fingerprint density at radius 3 is 1.19 bits per heavy atom. The summed E-state index contributed by atoms with van der Waals surface area (Å²) in [6.45, 7) is 0. The lowest BCUT2D eigenvalue weighted by molar-refractivity contribution is 0.0725. The number of hydrogen-bond donors (Lipinski definition) is 0. The van der Waals surface area contributed by atoms with Crippen LogP contribution >= 0.6 is 11.8 Å². The van der Waals surface area contributed by atoms with Crippen LogP contribution in [0.1, 0.15) is 53.3 Å². The molecule has 62 heavy (non-hydrogen) atoms. The Morgan fingerprint density at radius 1 is 0.387 bits per heavy atom. The molecule has 0 unspecified atom stereocenters. The summed E-state index contributed by atoms with van der Waals surface area (Å²) in [7, 11) is 0. The van der Waals surface area contributed by atoms with Crippen molar-refractivity contribution in [1.82, 2.24) is 0 Å². The van der Waals surface area contributed by atoms with Crippen LogP contribution in [0.2, 0.25) is 0 Å². The van der Waals surface area contributed by atoms with E-state index in [0.29, 0.717) is 17.2 Å². The number of rotatable bonds is 10. The lowest BCUT2D eigenvalue weighted by Crippen LogP contribution is -2.28. The van der Waals surface area contributed by atoms with Gasteiger partial charge in [0, 0.05) is 9.79 Å². The highest BCUT2D eigenvalue weighted by Gasteiger charge is 2.46. The highest BCUT2D eigenvalue weighted by Crippen LogP contribution is 2.57. The quantitative estimate of drug-likeness (QED) is 0.100. The fraction of sp³-hybridized carbons (Fsp3) is 0.0192. The normalized spacial score (nSPS) is 12.2. The molecule has 0 heterocycles. The van der Waals surface area contributed by atoms with E-state index < -0.39 is 40.8 Å². The molecular weight excluding hydrogens is 810 g/mol. The number of carbonyl (C=O) groups excluding carboxylic acids is 3. The van der Waals surface area contributed by atoms with E-state index in [1.54, 1.807) is 36.4 Å². The number of esters is 3. The average molecular weight is 841 g/mol. The van der Waals surface area contributed by atoms with E-state index in [4.69, 9.17) is 14.2 Å². The first-order valence-corrected chi connectivity index (χ1v) is 20.1. The summed E-state index contributed by atoms with van der Waals surface area (Å²) < 4.78 is 57.4. The van der Waals surface area contributed by atoms with Crippen molar-refractivity contribution in [1.29, 1.82) is 0 Å². The van der Waals surface area contributed by atoms with Crippen molar-refractivity contribution in [3.63, 3.8) is 0 Å². The number of benzene rings is 8. The fourth-order valence-corrected chi connectivity index (χ4v) is 8.48. The maximum atomic E-state index is 13.6. The molecule has 0 saturated carbocycles. The Kier molecular flexibility index (Phi) is 10.7. The third-order valence-corrected chi connectivity index (χ3v) is 11.5. The van der Waals surface area contributed by atoms with Crippen molar-refractivity contribution in [2.24, 2.45) is 0 Å². The van der Waals surface area contributed by atoms with Crippen LogP contribution in [0.25, 0.3) is 11.1 Å². The molecule has 0 bridgehead atoms. The summed E-state index contributed by atoms with van der Waals surface area (Å²) in [6.07, 6.45) is 0. The van der Waals surface area contributed by atoms with Crippen LogP contribution < -0.4 is 14.2 Å². The minimum Gasteiger partial charge on any atom is -0.423 e. The summed E-state index contributed by atoms with van der Waals surface area (Å²) in [4.78, 5) is 40.4. The predicted octanol–water partition coefficient (Wildman–Crippen LogP) is 12.3. The van der Waals surface area contributed by atoms with E-state index in [9.17, 15) is 27.6 Å². The largest absolute Gasteiger partial charge is 0.423 e. The second kappa shape index (κ2) is 16.8. The van der Waals surface area contributed by atoms with Gasteiger partial charge in [0.15, 0.2) is 0 Å². The van der Waals surface area contributed by atoms with Gasteiger partial charge in [0.05, 0.1) is 22.1 Å². The summed E-state index contributed by atoms with van der Waals surface area (Å²) in [6, 6.07) is 51.4. The smallest absolute Gasteiger partial charge is 0.343 e. The lowest BCUT2D eigenvalue weighted by Gasteiger charge is -2.34. The van der Waals surface area contributed by atoms with Gasteiger partial charge >= 0.3 is 17.9 Å². The second-order valence-corrected chi connectivity index (χ2v) is 15.5. The van der Waals surface area contributed by atoms with Gasteiger partial charge < -0.3 is 14.2 Å². The number of hydrogen-bond acceptors (Lipinski definition) is 7. The van der Waals surface area contributed by atoms with Crippen LogP contribution in [0.5, 0.6) is 17.2 Å². The van der Waals surface area contributed by atoms with Crippen molar-refractivity contribution >= 4 is 29.7 Å². The molecule has 0 aromatic heterocycles. The molecule has 0 fully saturated rings. The van der Waals surface area contributed by atoms with Gasteiger partial charge in [-0.2, -0.15) is 0 Å². The van der Waals surface area contributed by atoms with Crippen LogP contribution in [0.4, 0.5) is 13.2 Å². The Hall–Kier alpha value is -7.69. The molecule has 0 spiro atoms. The monoisotopic (exact) mass is 840 g/mol. The topological polar surface area (TPSA) is 78.9 Å². The molecule has 0 radical (unpaired) electrons. The van der Waals surface area contributed by atoms with Crippen molar-refractivity contribution in [3.05, 3.63) is 244 Å². The van der Waals surface area contributed by atoms with Gasteiger partial charge in [0.1, 0.15) is 34.7 Å². The number of fused-ring (bicyclic) bond motifs is 3. The van der Waals surface area contributed by atoms with Gasteiger partial charge in [-0.05, 0) is 167 Å². The van der Waals surface area contributed by atoms with E-state index in [2.05, 4.69) is 30.3 Å². The molecule has 1 aliphatic rings. The number of halogens is 3. The zero-order chi connectivity index (χ0) is 42.8. The Morgan fingerprint density at radius 2 is 0.758 bits per heavy atom. The van der Waals surface area contributed by atoms with E-state index in [0.717, 1.165) is 43.2 Å². The van der Waals surface area contributed by atoms with Gasteiger partial charge in [-0.1, -0.05) is 66.4 Å². The van der Waals surface area contributed by atoms with Gasteiger partial charge in [-0.25, -0.2) is 27.6 Å². The van der Waals surface area contributed by atoms with Crippen molar-refractivity contribution in [2.75, 3.05) is 0 Å². The van der Waals surface area contributed by atoms with Crippen molar-refractivity contribution in [2.45, 2.75) is 15.2 Å². The minimum absolute atomic E-state index is 0.205. The lowest BCUT2D eigenvalue weighted by atomic mass is 9.67. The number of ether oxygens (including phenoxy) is 3. The molecule has 6 nitrogen and oxygen atoms in total. The fourth-order valence-electron chi connectivity index (χ4n) is 7.62. The summed E-state index contributed by atoms with van der Waals surface area (Å²) in [5.74, 6) is -2.30. The Balaban J connectivity index is 1.08. The van der Waals surface area contributed by atoms with Crippen LogP contribution in [-0.4, -0.2) is 17.9 Å². The standard InChI is InChI=1S/C52H31F3O6S/c53-37-15-5-32(6-16-37)49(56)59-40-21-11-35(12-22-40)52(36-13-23-41(24-14-36)60-50(57)33-7-17-38(54)18-8-33)47-4-2-1-3-45(47)46-30-29-44(31-48(46)52)62-43-27-25-42(26-28-43)61-51(58)34-9-19-39(55)20-10-34/h1-31H. The molecular formula is C52H31F3O6S. The van der Waals surface area contributed by atoms with Crippen LogP contribution in [0.3, 0.4) is 0 Å². The first-order chi connectivity index (χ1) is 30.1. The summed E-state index contributed by atoms with van der Waals surface area (Å²) in [5.41, 5.74) is 5.43. The first kappa shape index (κ1) is 39.8. The minimum atomic E-state index is -0.917. The Bertz CT molecular complexity index is 2850. The van der Waals surface area contributed by atoms with Crippen LogP contribution in [0, 0.1) is 17.5 Å². The molecule has 0 N–H and O–H groups in total. The molecule has 9 rings (SSSR count). The molecule has 0 saturated heterocycles. The maximum absolute atomic E-state index is 13.6. The van der Waals surface area contributed by atoms with E-state index in [1.807, 2.05) is 48.5 Å². The molecule has 302 valence electrons. The molecule has 8 aromatic rings. The van der Waals surface area contributed by atoms with Crippen LogP contribution in [-0.2, 0) is 5.41 Å². The predicted molar refractivity (Wildman–Crippen MR) is 228 cm³/mol. The maximum Gasteiger partial charge on any atom is 0.343 e. The third-order valence-electron chi connectivity index (χ3n) is 10.5. The summed E-state index contributed by atoms with van der Waals surface area (Å²) in [5, 5.41) is 0. The molecule has 0 amide bonds. The van der Waals surface area contributed by atoms with Gasteiger partial charge in [-0.15, -0.1) is 0 Å². The molecule has 8 aromatic carbocycles. The third kappa shape index (κ3) is 7.87. The SMILES string of the molecule is O=C(Oc1ccc(Sc2ccc3c(c2)C(c2ccc(OC(=O)c4ccc(F)cc4)cc2)(c2ccc(OC(=O)c4ccc(F)cc4)cc2)c2ccccc2-3)cc1)c1ccc(F)cc1. The van der Waals surface area contributed by atoms with Crippen molar-refractivity contribution in [3.8, 4) is 28.4 Å². The van der Waals surface area contributed by atoms with E-state index >= 15 is 0 Å². The molecule has 0 aliphatic heterocycles. The van der Waals surface area contributed by atoms with Gasteiger partial charge in [-0.3, -0.25) is 0 Å².